The van der Waals surface area contributed by atoms with Gasteiger partial charge in [-0.1, -0.05) is 0 Å². The first kappa shape index (κ1) is 28.4. The summed E-state index contributed by atoms with van der Waals surface area (Å²) >= 11 is 0. The Morgan fingerprint density at radius 1 is 1.09 bits per heavy atom. The predicted molar refractivity (Wildman–Crippen MR) is 102 cm³/mol. The van der Waals surface area contributed by atoms with Crippen molar-refractivity contribution < 1.29 is 70.8 Å². The monoisotopic (exact) mass is 562 g/mol. The highest BCUT2D eigenvalue weighted by atomic mass is 31.3. The molecule has 0 aromatic carbocycles. The van der Waals surface area contributed by atoms with E-state index in [9.17, 15) is 37.9 Å². The van der Waals surface area contributed by atoms with Crippen LogP contribution in [0.15, 0.2) is 17.1 Å². The number of aliphatic hydroxyl groups excluding tert-OH is 1. The molecule has 1 aliphatic heterocycles. The minimum Gasteiger partial charge on any atom is -0.386 e. The Morgan fingerprint density at radius 2 is 1.70 bits per heavy atom. The van der Waals surface area contributed by atoms with Crippen LogP contribution in [0.25, 0.3) is 0 Å². The van der Waals surface area contributed by atoms with E-state index in [1.165, 1.54) is 0 Å². The van der Waals surface area contributed by atoms with Gasteiger partial charge in [0.1, 0.15) is 24.1 Å². The van der Waals surface area contributed by atoms with Crippen molar-refractivity contribution in [3.05, 3.63) is 22.7 Å². The van der Waals surface area contributed by atoms with Crippen molar-refractivity contribution in [2.24, 2.45) is 0 Å². The standard InChI is InChI=1S/C9H18N4O16P4/c10-5-1-2-13(9(15)11-5)8-6(14)7(4(27-8)3-26-32(20,21)22)28-30(16,17)12-31(18,19)29-33(23,24)25/h1-2,4,6-8,14H,3H2,(H2,10,11,15)(H2,20,21,22)(H2,23,24,25)(H3,12,16,17,18,19)/t4-,6-,7-,8-/m1/s1. The number of aliphatic hydroxyl groups is 1. The summed E-state index contributed by atoms with van der Waals surface area (Å²) in [6, 6.07) is 1.10. The average Bonchev–Trinajstić information content (AvgIpc) is 2.85. The minimum atomic E-state index is -5.67. The summed E-state index contributed by atoms with van der Waals surface area (Å²) in [5, 5.41) is 10.5. The fourth-order valence-corrected chi connectivity index (χ4v) is 6.54. The van der Waals surface area contributed by atoms with Crippen LogP contribution in [0.2, 0.25) is 0 Å². The fraction of sp³-hybridized carbons (Fsp3) is 0.556. The molecule has 2 rings (SSSR count). The summed E-state index contributed by atoms with van der Waals surface area (Å²) in [6.45, 7) is -1.09. The van der Waals surface area contributed by atoms with E-state index in [4.69, 9.17) is 30.0 Å². The van der Waals surface area contributed by atoms with E-state index in [-0.39, 0.29) is 5.82 Å². The smallest absolute Gasteiger partial charge is 0.386 e. The van der Waals surface area contributed by atoms with Crippen LogP contribution in [0, 0.1) is 0 Å². The number of aromatic nitrogens is 2. The van der Waals surface area contributed by atoms with E-state index >= 15 is 0 Å². The van der Waals surface area contributed by atoms with Crippen LogP contribution in [0.3, 0.4) is 0 Å². The number of nitrogens with one attached hydrogen (secondary N) is 1. The normalized spacial score (nSPS) is 27.7. The summed E-state index contributed by atoms with van der Waals surface area (Å²) < 4.78 is 63.7. The number of ether oxygens (including phenoxy) is 1. The molecular weight excluding hydrogens is 544 g/mol. The Morgan fingerprint density at radius 3 is 2.21 bits per heavy atom. The molecule has 0 radical (unpaired) electrons. The molecule has 1 aromatic heterocycles. The van der Waals surface area contributed by atoms with Gasteiger partial charge in [0.15, 0.2) is 6.23 Å². The van der Waals surface area contributed by atoms with Crippen LogP contribution in [0.1, 0.15) is 6.23 Å². The molecule has 0 aliphatic carbocycles. The Balaban J connectivity index is 2.32. The second-order valence-electron chi connectivity index (χ2n) is 6.17. The first-order valence-corrected chi connectivity index (χ1v) is 14.3. The molecule has 190 valence electrons. The minimum absolute atomic E-state index is 0.217. The van der Waals surface area contributed by atoms with Crippen LogP contribution in [0.4, 0.5) is 5.82 Å². The average molecular weight is 562 g/mol. The molecule has 6 atom stereocenters. The number of hydrogen-bond acceptors (Lipinski definition) is 12. The van der Waals surface area contributed by atoms with Gasteiger partial charge in [-0.25, -0.2) is 23.1 Å². The van der Waals surface area contributed by atoms with Crippen LogP contribution < -0.4 is 16.3 Å². The molecular formula is C9H18N4O16P4. The molecule has 2 heterocycles. The Hall–Kier alpha value is -0.880. The lowest BCUT2D eigenvalue weighted by Gasteiger charge is -2.24. The zero-order valence-electron chi connectivity index (χ0n) is 15.7. The Labute approximate surface area is 182 Å². The third-order valence-corrected chi connectivity index (χ3v) is 8.35. The van der Waals surface area contributed by atoms with Crippen LogP contribution >= 0.6 is 31.1 Å². The molecule has 20 nitrogen and oxygen atoms in total. The lowest BCUT2D eigenvalue weighted by atomic mass is 10.1. The van der Waals surface area contributed by atoms with Crippen LogP contribution in [-0.4, -0.2) is 68.9 Å². The van der Waals surface area contributed by atoms with Gasteiger partial charge in [-0.2, -0.15) is 9.29 Å². The highest BCUT2D eigenvalue weighted by molar-refractivity contribution is 7.70. The molecule has 0 saturated carbocycles. The van der Waals surface area contributed by atoms with Crippen molar-refractivity contribution in [1.29, 1.82) is 0 Å². The largest absolute Gasteiger partial charge is 0.477 e. The van der Waals surface area contributed by atoms with Crippen molar-refractivity contribution in [3.63, 3.8) is 0 Å². The van der Waals surface area contributed by atoms with Gasteiger partial charge in [-0.3, -0.25) is 13.6 Å². The lowest BCUT2D eigenvalue weighted by Crippen LogP contribution is -2.38. The summed E-state index contributed by atoms with van der Waals surface area (Å²) in [5.41, 5.74) is 4.27. The number of nitrogens with zero attached hydrogens (tertiary/aromatic N) is 2. The van der Waals surface area contributed by atoms with Crippen LogP contribution in [0.5, 0.6) is 0 Å². The molecule has 10 N–H and O–H groups in total. The molecule has 0 spiro atoms. The third kappa shape index (κ3) is 8.69. The zero-order valence-corrected chi connectivity index (χ0v) is 19.3. The zero-order chi connectivity index (χ0) is 25.4. The number of hydrogen-bond donors (Lipinski definition) is 9. The maximum absolute atomic E-state index is 12.2. The number of rotatable bonds is 10. The van der Waals surface area contributed by atoms with Gasteiger partial charge in [-0.15, -0.1) is 4.86 Å². The number of phosphoric ester groups is 1. The van der Waals surface area contributed by atoms with E-state index < -0.39 is 68.0 Å². The van der Waals surface area contributed by atoms with Gasteiger partial charge >= 0.3 is 36.8 Å². The van der Waals surface area contributed by atoms with Gasteiger partial charge in [0.25, 0.3) is 0 Å². The van der Waals surface area contributed by atoms with Crippen molar-refractivity contribution >= 4 is 37.0 Å². The van der Waals surface area contributed by atoms with E-state index in [1.807, 2.05) is 0 Å². The van der Waals surface area contributed by atoms with Crippen molar-refractivity contribution in [2.45, 2.75) is 24.5 Å². The number of phosphoric acid groups is 2. The first-order chi connectivity index (χ1) is 14.8. The second-order valence-corrected chi connectivity index (χ2v) is 12.1. The summed E-state index contributed by atoms with van der Waals surface area (Å²) in [4.78, 5) is 70.3. The maximum atomic E-state index is 12.2. The van der Waals surface area contributed by atoms with Gasteiger partial charge in [0.05, 0.1) is 6.61 Å². The van der Waals surface area contributed by atoms with Crippen LogP contribution in [-0.2, 0) is 36.4 Å². The molecule has 0 bridgehead atoms. The molecule has 1 saturated heterocycles. The van der Waals surface area contributed by atoms with E-state index in [1.54, 1.807) is 0 Å². The highest BCUT2D eigenvalue weighted by Gasteiger charge is 2.51. The second kappa shape index (κ2) is 10.0. The van der Waals surface area contributed by atoms with E-state index in [0.717, 1.165) is 17.1 Å². The summed E-state index contributed by atoms with van der Waals surface area (Å²) in [6.07, 6.45) is -6.68. The quantitative estimate of drug-likeness (QED) is 0.133. The molecule has 1 aromatic rings. The molecule has 0 amide bonds. The predicted octanol–water partition coefficient (Wildman–Crippen LogP) is -2.52. The Kier molecular flexibility index (Phi) is 8.60. The van der Waals surface area contributed by atoms with Crippen molar-refractivity contribution in [3.8, 4) is 0 Å². The van der Waals surface area contributed by atoms with Gasteiger partial charge < -0.3 is 44.9 Å². The molecule has 33 heavy (non-hydrogen) atoms. The maximum Gasteiger partial charge on any atom is 0.477 e. The lowest BCUT2D eigenvalue weighted by molar-refractivity contribution is -0.0538. The molecule has 24 heteroatoms. The van der Waals surface area contributed by atoms with Crippen molar-refractivity contribution in [2.75, 3.05) is 12.3 Å². The topological polar surface area (TPSA) is 320 Å². The number of nitrogens with two attached hydrogens (primary N) is 1. The van der Waals surface area contributed by atoms with E-state index in [2.05, 4.69) is 18.3 Å². The van der Waals surface area contributed by atoms with Gasteiger partial charge in [0, 0.05) is 6.20 Å². The summed E-state index contributed by atoms with van der Waals surface area (Å²) in [5.74, 6) is -0.217. The molecule has 2 unspecified atom stereocenters. The van der Waals surface area contributed by atoms with E-state index in [0.29, 0.717) is 4.57 Å². The SMILES string of the molecule is Nc1ccn([C@@H]2O[C@H](COP(=O)(O)O)[C@@H](OP(=O)(O)NP(=O)(O)OP(=O)(O)O)[C@H]2O)c(=O)n1. The Bertz CT molecular complexity index is 1110. The third-order valence-electron chi connectivity index (χ3n) is 3.58. The van der Waals surface area contributed by atoms with Crippen molar-refractivity contribution in [1.82, 2.24) is 14.4 Å². The first-order valence-electron chi connectivity index (χ1n) is 8.07. The summed E-state index contributed by atoms with van der Waals surface area (Å²) in [7, 11) is -22.0. The fourth-order valence-electron chi connectivity index (χ4n) is 2.51. The number of nitrogen functional groups attached to an aromatic ring is 1. The van der Waals surface area contributed by atoms with Gasteiger partial charge in [-0.05, 0) is 6.07 Å². The highest BCUT2D eigenvalue weighted by Crippen LogP contribution is 2.60. The molecule has 1 fully saturated rings. The van der Waals surface area contributed by atoms with Gasteiger partial charge in [0.2, 0.25) is 0 Å². The number of anilines is 1. The molecule has 1 aliphatic rings.